The molecule has 21 heavy (non-hydrogen) atoms. The highest BCUT2D eigenvalue weighted by Crippen LogP contribution is 2.38. The number of hydrogen-bond acceptors (Lipinski definition) is 2. The van der Waals surface area contributed by atoms with E-state index in [2.05, 4.69) is 17.6 Å². The second-order valence-corrected chi connectivity index (χ2v) is 5.97. The molecule has 0 aromatic heterocycles. The molecular weight excluding hydrogens is 287 g/mol. The zero-order chi connectivity index (χ0) is 14.8. The molecule has 0 amide bonds. The zero-order valence-corrected chi connectivity index (χ0v) is 12.4. The predicted octanol–water partition coefficient (Wildman–Crippen LogP) is 4.30. The van der Waals surface area contributed by atoms with Gasteiger partial charge in [-0.05, 0) is 47.6 Å². The van der Waals surface area contributed by atoms with Gasteiger partial charge in [-0.1, -0.05) is 48.4 Å². The van der Waals surface area contributed by atoms with Gasteiger partial charge in [0.1, 0.15) is 5.82 Å². The van der Waals surface area contributed by atoms with Crippen molar-refractivity contribution in [2.75, 3.05) is 0 Å². The van der Waals surface area contributed by atoms with Crippen LogP contribution in [0.25, 0.3) is 0 Å². The number of nitrogens with one attached hydrogen (secondary N) is 1. The SMILES string of the molecule is NNC(c1cccc(C2CCC2)c1)c1ccc(F)cc1Cl. The van der Waals surface area contributed by atoms with Crippen LogP contribution in [0.4, 0.5) is 4.39 Å². The number of rotatable bonds is 4. The summed E-state index contributed by atoms with van der Waals surface area (Å²) in [6.07, 6.45) is 3.81. The summed E-state index contributed by atoms with van der Waals surface area (Å²) in [6.45, 7) is 0. The topological polar surface area (TPSA) is 38.0 Å². The van der Waals surface area contributed by atoms with Crippen LogP contribution in [0.15, 0.2) is 42.5 Å². The Kier molecular flexibility index (Phi) is 4.24. The lowest BCUT2D eigenvalue weighted by molar-refractivity contribution is 0.419. The molecule has 2 nitrogen and oxygen atoms in total. The fraction of sp³-hybridized carbons (Fsp3) is 0.294. The number of hydrogen-bond donors (Lipinski definition) is 2. The highest BCUT2D eigenvalue weighted by atomic mass is 35.5. The molecule has 110 valence electrons. The molecule has 1 saturated carbocycles. The molecule has 1 aliphatic rings. The summed E-state index contributed by atoms with van der Waals surface area (Å²) in [5.74, 6) is 6.03. The van der Waals surface area contributed by atoms with Gasteiger partial charge in [0.15, 0.2) is 0 Å². The molecule has 4 heteroatoms. The highest BCUT2D eigenvalue weighted by molar-refractivity contribution is 6.31. The smallest absolute Gasteiger partial charge is 0.124 e. The summed E-state index contributed by atoms with van der Waals surface area (Å²) in [6, 6.07) is 12.6. The minimum Gasteiger partial charge on any atom is -0.271 e. The zero-order valence-electron chi connectivity index (χ0n) is 11.7. The molecule has 3 rings (SSSR count). The van der Waals surface area contributed by atoms with Gasteiger partial charge >= 0.3 is 0 Å². The van der Waals surface area contributed by atoms with Crippen LogP contribution in [0.2, 0.25) is 5.02 Å². The van der Waals surface area contributed by atoms with Crippen molar-refractivity contribution in [3.63, 3.8) is 0 Å². The first-order valence-electron chi connectivity index (χ1n) is 7.20. The van der Waals surface area contributed by atoms with Crippen LogP contribution in [0.1, 0.15) is 47.9 Å². The van der Waals surface area contributed by atoms with Crippen molar-refractivity contribution in [1.29, 1.82) is 0 Å². The van der Waals surface area contributed by atoms with Crippen molar-refractivity contribution in [2.24, 2.45) is 5.84 Å². The minimum absolute atomic E-state index is 0.238. The largest absolute Gasteiger partial charge is 0.271 e. The fourth-order valence-electron chi connectivity index (χ4n) is 2.84. The number of benzene rings is 2. The molecule has 1 unspecified atom stereocenters. The van der Waals surface area contributed by atoms with Gasteiger partial charge in [0.05, 0.1) is 6.04 Å². The van der Waals surface area contributed by atoms with Crippen molar-refractivity contribution in [1.82, 2.24) is 5.43 Å². The molecule has 2 aromatic rings. The van der Waals surface area contributed by atoms with E-state index in [4.69, 9.17) is 17.4 Å². The van der Waals surface area contributed by atoms with Crippen LogP contribution in [-0.2, 0) is 0 Å². The monoisotopic (exact) mass is 304 g/mol. The van der Waals surface area contributed by atoms with Crippen molar-refractivity contribution in [3.05, 3.63) is 70.0 Å². The third kappa shape index (κ3) is 2.95. The Morgan fingerprint density at radius 2 is 2.00 bits per heavy atom. The summed E-state index contributed by atoms with van der Waals surface area (Å²) in [5, 5.41) is 0.381. The summed E-state index contributed by atoms with van der Waals surface area (Å²) >= 11 is 6.16. The maximum absolute atomic E-state index is 13.2. The number of nitrogens with two attached hydrogens (primary N) is 1. The average Bonchev–Trinajstić information content (AvgIpc) is 2.40. The maximum Gasteiger partial charge on any atom is 0.124 e. The van der Waals surface area contributed by atoms with Gasteiger partial charge in [-0.25, -0.2) is 9.82 Å². The Balaban J connectivity index is 1.95. The summed E-state index contributed by atoms with van der Waals surface area (Å²) in [4.78, 5) is 0. The summed E-state index contributed by atoms with van der Waals surface area (Å²) in [7, 11) is 0. The van der Waals surface area contributed by atoms with Crippen molar-refractivity contribution >= 4 is 11.6 Å². The van der Waals surface area contributed by atoms with Crippen LogP contribution in [0.3, 0.4) is 0 Å². The molecule has 0 heterocycles. The van der Waals surface area contributed by atoms with Crippen molar-refractivity contribution in [2.45, 2.75) is 31.2 Å². The quantitative estimate of drug-likeness (QED) is 0.653. The van der Waals surface area contributed by atoms with E-state index < -0.39 is 0 Å². The second-order valence-electron chi connectivity index (χ2n) is 5.56. The van der Waals surface area contributed by atoms with E-state index in [9.17, 15) is 4.39 Å². The Hall–Kier alpha value is -1.42. The predicted molar refractivity (Wildman–Crippen MR) is 83.6 cm³/mol. The van der Waals surface area contributed by atoms with E-state index in [1.807, 2.05) is 12.1 Å². The van der Waals surface area contributed by atoms with Gasteiger partial charge in [0, 0.05) is 5.02 Å². The molecule has 0 radical (unpaired) electrons. The fourth-order valence-corrected chi connectivity index (χ4v) is 3.11. The minimum atomic E-state index is -0.345. The summed E-state index contributed by atoms with van der Waals surface area (Å²) < 4.78 is 13.2. The number of halogens is 2. The van der Waals surface area contributed by atoms with Gasteiger partial charge in [-0.2, -0.15) is 0 Å². The lowest BCUT2D eigenvalue weighted by Crippen LogP contribution is -2.29. The van der Waals surface area contributed by atoms with E-state index in [0.29, 0.717) is 10.9 Å². The van der Waals surface area contributed by atoms with E-state index in [1.165, 1.54) is 37.0 Å². The molecular formula is C17H18ClFN2. The van der Waals surface area contributed by atoms with Crippen LogP contribution in [0, 0.1) is 5.82 Å². The Labute approximate surface area is 129 Å². The molecule has 0 saturated heterocycles. The molecule has 2 aromatic carbocycles. The number of hydrazine groups is 1. The van der Waals surface area contributed by atoms with Gasteiger partial charge in [-0.15, -0.1) is 0 Å². The Morgan fingerprint density at radius 3 is 2.62 bits per heavy atom. The third-order valence-corrected chi connectivity index (χ3v) is 4.59. The second kappa shape index (κ2) is 6.14. The van der Waals surface area contributed by atoms with Crippen LogP contribution >= 0.6 is 11.6 Å². The van der Waals surface area contributed by atoms with Gasteiger partial charge < -0.3 is 0 Å². The van der Waals surface area contributed by atoms with Gasteiger partial charge in [-0.3, -0.25) is 5.84 Å². The highest BCUT2D eigenvalue weighted by Gasteiger charge is 2.21. The van der Waals surface area contributed by atoms with Crippen molar-refractivity contribution < 1.29 is 4.39 Å². The maximum atomic E-state index is 13.2. The van der Waals surface area contributed by atoms with Gasteiger partial charge in [0.2, 0.25) is 0 Å². The first-order valence-corrected chi connectivity index (χ1v) is 7.58. The summed E-state index contributed by atoms with van der Waals surface area (Å²) in [5.41, 5.74) is 5.97. The van der Waals surface area contributed by atoms with Crippen LogP contribution in [0.5, 0.6) is 0 Å². The molecule has 3 N–H and O–H groups in total. The molecule has 0 bridgehead atoms. The van der Waals surface area contributed by atoms with Crippen LogP contribution in [-0.4, -0.2) is 0 Å². The molecule has 0 aliphatic heterocycles. The average molecular weight is 305 g/mol. The van der Waals surface area contributed by atoms with Crippen LogP contribution < -0.4 is 11.3 Å². The first-order chi connectivity index (χ1) is 10.2. The molecule has 1 fully saturated rings. The van der Waals surface area contributed by atoms with E-state index in [1.54, 1.807) is 6.07 Å². The third-order valence-electron chi connectivity index (χ3n) is 4.26. The standard InChI is InChI=1S/C17H18ClFN2/c18-16-10-14(19)7-8-15(16)17(21-20)13-6-2-5-12(9-13)11-3-1-4-11/h2,5-11,17,21H,1,3-4,20H2. The molecule has 1 aliphatic carbocycles. The van der Waals surface area contributed by atoms with E-state index in [-0.39, 0.29) is 11.9 Å². The molecule has 1 atom stereocenters. The normalized spacial score (nSPS) is 16.5. The first kappa shape index (κ1) is 14.5. The molecule has 0 spiro atoms. The van der Waals surface area contributed by atoms with E-state index in [0.717, 1.165) is 11.1 Å². The lowest BCUT2D eigenvalue weighted by Gasteiger charge is -2.27. The Morgan fingerprint density at radius 1 is 1.19 bits per heavy atom. The Bertz CT molecular complexity index is 640. The van der Waals surface area contributed by atoms with E-state index >= 15 is 0 Å². The lowest BCUT2D eigenvalue weighted by atomic mass is 9.79. The van der Waals surface area contributed by atoms with Crippen molar-refractivity contribution in [3.8, 4) is 0 Å². The van der Waals surface area contributed by atoms with Gasteiger partial charge in [0.25, 0.3) is 0 Å².